The van der Waals surface area contributed by atoms with Crippen LogP contribution in [0.15, 0.2) is 54.6 Å². The van der Waals surface area contributed by atoms with E-state index in [1.165, 1.54) is 10.2 Å². The van der Waals surface area contributed by atoms with Gasteiger partial charge in [0.15, 0.2) is 0 Å². The molecule has 0 spiro atoms. The molecule has 4 nitrogen and oxygen atoms in total. The average molecular weight is 334 g/mol. The lowest BCUT2D eigenvalue weighted by Gasteiger charge is -2.06. The molecule has 1 heterocycles. The summed E-state index contributed by atoms with van der Waals surface area (Å²) in [5, 5.41) is 4.48. The summed E-state index contributed by atoms with van der Waals surface area (Å²) in [6.45, 7) is 3.92. The number of nitrogens with zero attached hydrogens (tertiary/aromatic N) is 2. The largest absolute Gasteiger partial charge is 0.497 e. The van der Waals surface area contributed by atoms with E-state index in [1.54, 1.807) is 7.11 Å². The minimum atomic E-state index is -0.0231. The van der Waals surface area contributed by atoms with Gasteiger partial charge in [-0.15, -0.1) is 0 Å². The van der Waals surface area contributed by atoms with Crippen LogP contribution in [0.4, 0.5) is 0 Å². The zero-order valence-electron chi connectivity index (χ0n) is 14.8. The van der Waals surface area contributed by atoms with Crippen molar-refractivity contribution in [3.05, 3.63) is 82.7 Å². The summed E-state index contributed by atoms with van der Waals surface area (Å²) in [4.78, 5) is 12.7. The highest BCUT2D eigenvalue weighted by atomic mass is 16.5. The Hall–Kier alpha value is -2.88. The van der Waals surface area contributed by atoms with E-state index in [2.05, 4.69) is 17.2 Å². The zero-order chi connectivity index (χ0) is 17.8. The molecule has 0 saturated heterocycles. The van der Waals surface area contributed by atoms with Gasteiger partial charge in [0.25, 0.3) is 5.91 Å². The maximum absolute atomic E-state index is 12.7. The van der Waals surface area contributed by atoms with Crippen molar-refractivity contribution in [3.63, 3.8) is 0 Å². The summed E-state index contributed by atoms with van der Waals surface area (Å²) in [6, 6.07) is 17.8. The van der Waals surface area contributed by atoms with Crippen LogP contribution >= 0.6 is 0 Å². The Morgan fingerprint density at radius 3 is 2.32 bits per heavy atom. The Morgan fingerprint density at radius 2 is 1.68 bits per heavy atom. The molecule has 0 aliphatic rings. The quantitative estimate of drug-likeness (QED) is 0.709. The molecule has 0 radical (unpaired) electrons. The van der Waals surface area contributed by atoms with Crippen molar-refractivity contribution in [1.82, 2.24) is 9.78 Å². The van der Waals surface area contributed by atoms with E-state index >= 15 is 0 Å². The number of carbonyl (C=O) groups excluding carboxylic acids is 1. The smallest absolute Gasteiger partial charge is 0.251 e. The van der Waals surface area contributed by atoms with Crippen LogP contribution < -0.4 is 4.74 Å². The van der Waals surface area contributed by atoms with Crippen LogP contribution in [-0.2, 0) is 12.8 Å². The molecule has 0 N–H and O–H groups in total. The van der Waals surface area contributed by atoms with Crippen molar-refractivity contribution in [1.29, 1.82) is 0 Å². The first kappa shape index (κ1) is 17.0. The SMILES string of the molecule is COc1ccc(CC(=O)n2nc(C)c(Cc3ccccc3)c2C)cc1. The molecule has 4 heteroatoms. The van der Waals surface area contributed by atoms with E-state index in [1.807, 2.05) is 56.3 Å². The van der Waals surface area contributed by atoms with Gasteiger partial charge in [0, 0.05) is 17.7 Å². The van der Waals surface area contributed by atoms with Gasteiger partial charge in [-0.3, -0.25) is 4.79 Å². The highest BCUT2D eigenvalue weighted by Gasteiger charge is 2.17. The molecule has 0 saturated carbocycles. The Kier molecular flexibility index (Phi) is 4.98. The number of methoxy groups -OCH3 is 1. The van der Waals surface area contributed by atoms with E-state index < -0.39 is 0 Å². The third kappa shape index (κ3) is 3.79. The molecule has 0 bridgehead atoms. The van der Waals surface area contributed by atoms with Gasteiger partial charge in [-0.05, 0) is 37.1 Å². The van der Waals surface area contributed by atoms with Crippen LogP contribution in [-0.4, -0.2) is 22.8 Å². The van der Waals surface area contributed by atoms with Crippen LogP contribution in [0.3, 0.4) is 0 Å². The van der Waals surface area contributed by atoms with Gasteiger partial charge in [0.2, 0.25) is 0 Å². The van der Waals surface area contributed by atoms with Crippen LogP contribution in [0, 0.1) is 13.8 Å². The minimum Gasteiger partial charge on any atom is -0.497 e. The summed E-state index contributed by atoms with van der Waals surface area (Å²) < 4.78 is 6.69. The van der Waals surface area contributed by atoms with Crippen LogP contribution in [0.1, 0.15) is 32.9 Å². The molecular weight excluding hydrogens is 312 g/mol. The fourth-order valence-electron chi connectivity index (χ4n) is 2.97. The number of hydrogen-bond donors (Lipinski definition) is 0. The predicted octanol–water partition coefficient (Wildman–Crippen LogP) is 3.98. The third-order valence-corrected chi connectivity index (χ3v) is 4.42. The maximum atomic E-state index is 12.7. The maximum Gasteiger partial charge on any atom is 0.251 e. The lowest BCUT2D eigenvalue weighted by atomic mass is 10.0. The van der Waals surface area contributed by atoms with Gasteiger partial charge < -0.3 is 4.74 Å². The Bertz CT molecular complexity index is 865. The summed E-state index contributed by atoms with van der Waals surface area (Å²) >= 11 is 0. The van der Waals surface area contributed by atoms with Gasteiger partial charge in [-0.2, -0.15) is 5.10 Å². The van der Waals surface area contributed by atoms with Gasteiger partial charge >= 0.3 is 0 Å². The topological polar surface area (TPSA) is 44.1 Å². The van der Waals surface area contributed by atoms with Crippen LogP contribution in [0.25, 0.3) is 0 Å². The molecule has 3 rings (SSSR count). The van der Waals surface area contributed by atoms with Crippen LogP contribution in [0.2, 0.25) is 0 Å². The first-order chi connectivity index (χ1) is 12.1. The lowest BCUT2D eigenvalue weighted by Crippen LogP contribution is -2.16. The monoisotopic (exact) mass is 334 g/mol. The molecule has 0 aliphatic heterocycles. The van der Waals surface area contributed by atoms with Gasteiger partial charge in [0.1, 0.15) is 5.75 Å². The molecule has 0 unspecified atom stereocenters. The summed E-state index contributed by atoms with van der Waals surface area (Å²) in [5.74, 6) is 0.762. The van der Waals surface area contributed by atoms with Gasteiger partial charge in [-0.25, -0.2) is 4.68 Å². The third-order valence-electron chi connectivity index (χ3n) is 4.42. The van der Waals surface area contributed by atoms with Crippen molar-refractivity contribution in [2.75, 3.05) is 7.11 Å². The highest BCUT2D eigenvalue weighted by Crippen LogP contribution is 2.19. The number of aryl methyl sites for hydroxylation is 1. The molecule has 3 aromatic rings. The van der Waals surface area contributed by atoms with Crippen molar-refractivity contribution in [2.24, 2.45) is 0 Å². The number of ether oxygens (including phenoxy) is 1. The molecule has 2 aromatic carbocycles. The van der Waals surface area contributed by atoms with Crippen LogP contribution in [0.5, 0.6) is 5.75 Å². The molecule has 0 fully saturated rings. The number of rotatable bonds is 5. The second-order valence-corrected chi connectivity index (χ2v) is 6.14. The number of aromatic nitrogens is 2. The fraction of sp³-hybridized carbons (Fsp3) is 0.238. The Balaban J connectivity index is 1.80. The number of carbonyl (C=O) groups is 1. The highest BCUT2D eigenvalue weighted by molar-refractivity contribution is 5.81. The normalized spacial score (nSPS) is 10.7. The second kappa shape index (κ2) is 7.34. The summed E-state index contributed by atoms with van der Waals surface area (Å²) in [5.41, 5.74) is 5.11. The predicted molar refractivity (Wildman–Crippen MR) is 98.3 cm³/mol. The van der Waals surface area contributed by atoms with E-state index in [0.717, 1.165) is 34.7 Å². The van der Waals surface area contributed by atoms with Gasteiger partial charge in [0.05, 0.1) is 19.2 Å². The molecule has 128 valence electrons. The molecular formula is C21H22N2O2. The van der Waals surface area contributed by atoms with E-state index in [9.17, 15) is 4.79 Å². The minimum absolute atomic E-state index is 0.0231. The summed E-state index contributed by atoms with van der Waals surface area (Å²) in [7, 11) is 1.63. The fourth-order valence-corrected chi connectivity index (χ4v) is 2.97. The van der Waals surface area contributed by atoms with Crippen molar-refractivity contribution in [2.45, 2.75) is 26.7 Å². The molecule has 0 amide bonds. The first-order valence-corrected chi connectivity index (χ1v) is 8.33. The first-order valence-electron chi connectivity index (χ1n) is 8.33. The van der Waals surface area contributed by atoms with Crippen molar-refractivity contribution in [3.8, 4) is 5.75 Å². The lowest BCUT2D eigenvalue weighted by molar-refractivity contribution is 0.0895. The second-order valence-electron chi connectivity index (χ2n) is 6.14. The van der Waals surface area contributed by atoms with Crippen molar-refractivity contribution >= 4 is 5.91 Å². The number of hydrogen-bond acceptors (Lipinski definition) is 3. The zero-order valence-corrected chi connectivity index (χ0v) is 14.8. The Morgan fingerprint density at radius 1 is 1.00 bits per heavy atom. The Labute approximate surface area is 148 Å². The standard InChI is InChI=1S/C21H22N2O2/c1-15-20(13-17-7-5-4-6-8-17)16(2)23(22-15)21(24)14-18-9-11-19(25-3)12-10-18/h4-12H,13-14H2,1-3H3. The van der Waals surface area contributed by atoms with E-state index in [0.29, 0.717) is 6.42 Å². The average Bonchev–Trinajstić information content (AvgIpc) is 2.91. The van der Waals surface area contributed by atoms with E-state index in [-0.39, 0.29) is 5.91 Å². The van der Waals surface area contributed by atoms with Gasteiger partial charge in [-0.1, -0.05) is 42.5 Å². The molecule has 0 aliphatic carbocycles. The van der Waals surface area contributed by atoms with Crippen molar-refractivity contribution < 1.29 is 9.53 Å². The number of benzene rings is 2. The molecule has 0 atom stereocenters. The van der Waals surface area contributed by atoms with E-state index in [4.69, 9.17) is 4.74 Å². The molecule has 1 aromatic heterocycles. The summed E-state index contributed by atoms with van der Waals surface area (Å²) in [6.07, 6.45) is 1.10. The molecule has 25 heavy (non-hydrogen) atoms.